The second-order valence-electron chi connectivity index (χ2n) is 4.51. The average molecular weight is 335 g/mol. The van der Waals surface area contributed by atoms with Crippen molar-refractivity contribution in [1.82, 2.24) is 5.43 Å². The number of nitrogens with two attached hydrogens (primary N) is 1. The van der Waals surface area contributed by atoms with Gasteiger partial charge in [0.2, 0.25) is 0 Å². The molecule has 102 valence electrons. The van der Waals surface area contributed by atoms with Crippen molar-refractivity contribution in [3.63, 3.8) is 0 Å². The lowest BCUT2D eigenvalue weighted by Gasteiger charge is -2.41. The van der Waals surface area contributed by atoms with Gasteiger partial charge in [-0.25, -0.2) is 0 Å². The first-order valence-corrected chi connectivity index (χ1v) is 7.64. The van der Waals surface area contributed by atoms with Gasteiger partial charge in [-0.15, -0.1) is 11.3 Å². The molecule has 2 heterocycles. The summed E-state index contributed by atoms with van der Waals surface area (Å²) in [6, 6.07) is 4.30. The van der Waals surface area contributed by atoms with Crippen LogP contribution in [0.25, 0.3) is 0 Å². The van der Waals surface area contributed by atoms with Gasteiger partial charge in [-0.05, 0) is 28.1 Å². The van der Waals surface area contributed by atoms with Crippen LogP contribution in [0.4, 0.5) is 0 Å². The summed E-state index contributed by atoms with van der Waals surface area (Å²) in [5.41, 5.74) is 2.71. The Morgan fingerprint density at radius 3 is 2.78 bits per heavy atom. The summed E-state index contributed by atoms with van der Waals surface area (Å²) in [5, 5.41) is 0. The topological polar surface area (TPSA) is 56.5 Å². The molecule has 4 nitrogen and oxygen atoms in total. The minimum Gasteiger partial charge on any atom is -0.381 e. The highest BCUT2D eigenvalue weighted by Crippen LogP contribution is 2.32. The SMILES string of the molecule is COC1(C(Cc2ccc(Br)s2)NN)CCOCC1. The quantitative estimate of drug-likeness (QED) is 0.639. The molecule has 0 bridgehead atoms. The van der Waals surface area contributed by atoms with Gasteiger partial charge in [-0.1, -0.05) is 0 Å². The Bertz CT molecular complexity index is 380. The van der Waals surface area contributed by atoms with Crippen molar-refractivity contribution in [3.05, 3.63) is 20.8 Å². The van der Waals surface area contributed by atoms with Crippen molar-refractivity contribution in [1.29, 1.82) is 0 Å². The van der Waals surface area contributed by atoms with E-state index in [9.17, 15) is 0 Å². The second-order valence-corrected chi connectivity index (χ2v) is 7.06. The summed E-state index contributed by atoms with van der Waals surface area (Å²) in [5.74, 6) is 5.74. The van der Waals surface area contributed by atoms with E-state index in [2.05, 4.69) is 33.5 Å². The van der Waals surface area contributed by atoms with Gasteiger partial charge in [0.15, 0.2) is 0 Å². The van der Waals surface area contributed by atoms with Gasteiger partial charge in [0.25, 0.3) is 0 Å². The Kier molecular flexibility index (Phi) is 5.17. The van der Waals surface area contributed by atoms with Gasteiger partial charge >= 0.3 is 0 Å². The molecule has 1 aromatic heterocycles. The van der Waals surface area contributed by atoms with E-state index in [0.717, 1.165) is 36.3 Å². The monoisotopic (exact) mass is 334 g/mol. The predicted octanol–water partition coefficient (Wildman–Crippen LogP) is 2.08. The Hall–Kier alpha value is 0.0200. The highest BCUT2D eigenvalue weighted by molar-refractivity contribution is 9.11. The number of rotatable bonds is 5. The third kappa shape index (κ3) is 3.12. The van der Waals surface area contributed by atoms with Crippen LogP contribution in [0, 0.1) is 0 Å². The smallest absolute Gasteiger partial charge is 0.0891 e. The van der Waals surface area contributed by atoms with E-state index in [4.69, 9.17) is 15.3 Å². The number of methoxy groups -OCH3 is 1. The van der Waals surface area contributed by atoms with Crippen molar-refractivity contribution >= 4 is 27.3 Å². The number of nitrogens with one attached hydrogen (secondary N) is 1. The maximum absolute atomic E-state index is 5.78. The molecule has 1 aromatic rings. The van der Waals surface area contributed by atoms with Gasteiger partial charge in [-0.3, -0.25) is 11.3 Å². The van der Waals surface area contributed by atoms with Crippen molar-refractivity contribution < 1.29 is 9.47 Å². The Morgan fingerprint density at radius 1 is 1.56 bits per heavy atom. The minimum absolute atomic E-state index is 0.108. The number of thiophene rings is 1. The molecule has 1 fully saturated rings. The molecule has 1 atom stereocenters. The van der Waals surface area contributed by atoms with Crippen LogP contribution >= 0.6 is 27.3 Å². The highest BCUT2D eigenvalue weighted by atomic mass is 79.9. The molecule has 0 aliphatic carbocycles. The maximum Gasteiger partial charge on any atom is 0.0891 e. The van der Waals surface area contributed by atoms with Crippen LogP contribution in [-0.4, -0.2) is 32.0 Å². The van der Waals surface area contributed by atoms with Gasteiger partial charge in [0, 0.05) is 44.5 Å². The molecule has 0 amide bonds. The summed E-state index contributed by atoms with van der Waals surface area (Å²) >= 11 is 5.23. The zero-order chi connectivity index (χ0) is 13.0. The summed E-state index contributed by atoms with van der Waals surface area (Å²) in [4.78, 5) is 1.30. The normalized spacial score (nSPS) is 20.8. The molecule has 1 aliphatic heterocycles. The van der Waals surface area contributed by atoms with Crippen LogP contribution in [0.3, 0.4) is 0 Å². The first-order valence-electron chi connectivity index (χ1n) is 6.03. The van der Waals surface area contributed by atoms with E-state index in [0.29, 0.717) is 0 Å². The number of hydrogen-bond donors (Lipinski definition) is 2. The van der Waals surface area contributed by atoms with Crippen molar-refractivity contribution in [3.8, 4) is 0 Å². The predicted molar refractivity (Wildman–Crippen MR) is 76.6 cm³/mol. The zero-order valence-electron chi connectivity index (χ0n) is 10.4. The zero-order valence-corrected chi connectivity index (χ0v) is 12.9. The van der Waals surface area contributed by atoms with Gasteiger partial charge < -0.3 is 9.47 Å². The maximum atomic E-state index is 5.78. The highest BCUT2D eigenvalue weighted by Gasteiger charge is 2.40. The number of halogens is 1. The fourth-order valence-corrected chi connectivity index (χ4v) is 4.00. The largest absolute Gasteiger partial charge is 0.381 e. The first kappa shape index (κ1) is 14.4. The molecule has 0 radical (unpaired) electrons. The van der Waals surface area contributed by atoms with E-state index >= 15 is 0 Å². The molecular formula is C12H19BrN2O2S. The van der Waals surface area contributed by atoms with Crippen LogP contribution in [-0.2, 0) is 15.9 Å². The molecule has 1 unspecified atom stereocenters. The molecule has 0 spiro atoms. The average Bonchev–Trinajstić information content (AvgIpc) is 2.82. The van der Waals surface area contributed by atoms with Crippen LogP contribution in [0.5, 0.6) is 0 Å². The van der Waals surface area contributed by atoms with E-state index in [1.165, 1.54) is 4.88 Å². The fourth-order valence-electron chi connectivity index (χ4n) is 2.47. The molecule has 1 saturated heterocycles. The van der Waals surface area contributed by atoms with Crippen molar-refractivity contribution in [2.75, 3.05) is 20.3 Å². The van der Waals surface area contributed by atoms with Crippen LogP contribution < -0.4 is 11.3 Å². The van der Waals surface area contributed by atoms with Crippen LogP contribution in [0.1, 0.15) is 17.7 Å². The van der Waals surface area contributed by atoms with E-state index in [1.54, 1.807) is 18.4 Å². The fraction of sp³-hybridized carbons (Fsp3) is 0.667. The Morgan fingerprint density at radius 2 is 2.28 bits per heavy atom. The Balaban J connectivity index is 2.10. The third-order valence-corrected chi connectivity index (χ3v) is 5.26. The lowest BCUT2D eigenvalue weighted by Crippen LogP contribution is -2.57. The minimum atomic E-state index is -0.219. The van der Waals surface area contributed by atoms with Crippen molar-refractivity contribution in [2.24, 2.45) is 5.84 Å². The second kappa shape index (κ2) is 6.45. The van der Waals surface area contributed by atoms with E-state index in [-0.39, 0.29) is 11.6 Å². The molecule has 6 heteroatoms. The molecule has 0 aromatic carbocycles. The first-order chi connectivity index (χ1) is 8.70. The summed E-state index contributed by atoms with van der Waals surface area (Å²) in [6.45, 7) is 1.47. The molecule has 0 saturated carbocycles. The number of ether oxygens (including phenoxy) is 2. The summed E-state index contributed by atoms with van der Waals surface area (Å²) in [6.07, 6.45) is 2.64. The van der Waals surface area contributed by atoms with E-state index < -0.39 is 0 Å². The summed E-state index contributed by atoms with van der Waals surface area (Å²) < 4.78 is 12.3. The number of hydrazine groups is 1. The van der Waals surface area contributed by atoms with Crippen molar-refractivity contribution in [2.45, 2.75) is 30.9 Å². The van der Waals surface area contributed by atoms with Gasteiger partial charge in [0.05, 0.1) is 15.4 Å². The lowest BCUT2D eigenvalue weighted by atomic mass is 9.84. The number of hydrogen-bond acceptors (Lipinski definition) is 5. The molecule has 2 rings (SSSR count). The third-order valence-electron chi connectivity index (χ3n) is 3.62. The molecule has 3 N–H and O–H groups in total. The van der Waals surface area contributed by atoms with Crippen LogP contribution in [0.2, 0.25) is 0 Å². The van der Waals surface area contributed by atoms with Crippen LogP contribution in [0.15, 0.2) is 15.9 Å². The van der Waals surface area contributed by atoms with Gasteiger partial charge in [-0.2, -0.15) is 0 Å². The Labute approximate surface area is 120 Å². The standard InChI is InChI=1S/C12H19BrN2O2S/c1-16-12(4-6-17-7-5-12)10(15-14)8-9-2-3-11(13)18-9/h2-3,10,15H,4-8,14H2,1H3. The molecule has 18 heavy (non-hydrogen) atoms. The summed E-state index contributed by atoms with van der Waals surface area (Å²) in [7, 11) is 1.76. The van der Waals surface area contributed by atoms with Gasteiger partial charge in [0.1, 0.15) is 0 Å². The van der Waals surface area contributed by atoms with E-state index in [1.807, 2.05) is 0 Å². The lowest BCUT2D eigenvalue weighted by molar-refractivity contribution is -0.110. The molecular weight excluding hydrogens is 316 g/mol. The molecule has 1 aliphatic rings.